The zero-order valence-corrected chi connectivity index (χ0v) is 18.6. The highest BCUT2D eigenvalue weighted by atomic mass is 19.4. The molecule has 2 N–H and O–H groups in total. The zero-order valence-electron chi connectivity index (χ0n) is 18.6. The molecule has 3 saturated carbocycles. The number of aliphatic hydroxyl groups excluding tert-OH is 2. The van der Waals surface area contributed by atoms with Gasteiger partial charge in [0.1, 0.15) is 6.10 Å². The van der Waals surface area contributed by atoms with Crippen molar-refractivity contribution in [3.8, 4) is 0 Å². The van der Waals surface area contributed by atoms with Crippen LogP contribution in [0.15, 0.2) is 11.6 Å². The summed E-state index contributed by atoms with van der Waals surface area (Å²) in [5.41, 5.74) is 1.94. The van der Waals surface area contributed by atoms with Gasteiger partial charge < -0.3 is 10.2 Å². The molecular weight excluding hydrogens is 389 g/mol. The standard InChI is InChI=1S/C25H39F3O2.H2/c1-23-14-12-21-19(10-9-17-15-18(29)11-13-24(17,21)2)20(23)7-3-5-16(23)6-4-8-22(30)25(26,27)28;/h9,16,18-22,29-30H,3-8,10-15H2,1-2H3;1H. The summed E-state index contributed by atoms with van der Waals surface area (Å²) in [4.78, 5) is 0. The summed E-state index contributed by atoms with van der Waals surface area (Å²) in [5, 5.41) is 19.5. The molecule has 0 spiro atoms. The second kappa shape index (κ2) is 8.10. The first-order chi connectivity index (χ1) is 14.1. The predicted octanol–water partition coefficient (Wildman–Crippen LogP) is 6.66. The van der Waals surface area contributed by atoms with Gasteiger partial charge in [-0.2, -0.15) is 13.2 Å². The third-order valence-electron chi connectivity index (χ3n) is 9.92. The van der Waals surface area contributed by atoms with Gasteiger partial charge in [0.25, 0.3) is 0 Å². The molecule has 0 heterocycles. The molecule has 0 radical (unpaired) electrons. The minimum Gasteiger partial charge on any atom is -0.393 e. The number of alkyl halides is 3. The van der Waals surface area contributed by atoms with Crippen molar-refractivity contribution < 1.29 is 24.8 Å². The number of allylic oxidation sites excluding steroid dienone is 1. The first-order valence-corrected chi connectivity index (χ1v) is 12.2. The Hall–Kier alpha value is -0.550. The van der Waals surface area contributed by atoms with E-state index in [-0.39, 0.29) is 24.8 Å². The highest BCUT2D eigenvalue weighted by Crippen LogP contribution is 2.65. The highest BCUT2D eigenvalue weighted by molar-refractivity contribution is 5.25. The van der Waals surface area contributed by atoms with Crippen LogP contribution >= 0.6 is 0 Å². The smallest absolute Gasteiger partial charge is 0.393 e. The Morgan fingerprint density at radius 3 is 2.63 bits per heavy atom. The lowest BCUT2D eigenvalue weighted by Gasteiger charge is -2.62. The second-order valence-electron chi connectivity index (χ2n) is 11.3. The summed E-state index contributed by atoms with van der Waals surface area (Å²) >= 11 is 0. The number of hydrogen-bond acceptors (Lipinski definition) is 2. The van der Waals surface area contributed by atoms with E-state index in [1.807, 2.05) is 0 Å². The molecule has 174 valence electrons. The monoisotopic (exact) mass is 430 g/mol. The van der Waals surface area contributed by atoms with Crippen molar-refractivity contribution >= 4 is 0 Å². The number of halogens is 3. The number of hydrogen-bond donors (Lipinski definition) is 2. The first kappa shape index (κ1) is 22.6. The molecule has 0 bridgehead atoms. The summed E-state index contributed by atoms with van der Waals surface area (Å²) in [5.74, 6) is 2.50. The molecule has 4 aliphatic rings. The molecular formula is C25H41F3O2. The van der Waals surface area contributed by atoms with Crippen molar-refractivity contribution in [2.45, 2.75) is 109 Å². The van der Waals surface area contributed by atoms with Crippen LogP contribution in [0.5, 0.6) is 0 Å². The van der Waals surface area contributed by atoms with Gasteiger partial charge in [0, 0.05) is 1.43 Å². The number of aliphatic hydroxyl groups is 2. The quantitative estimate of drug-likeness (QED) is 0.490. The Bertz CT molecular complexity index is 666. The maximum atomic E-state index is 12.7. The largest absolute Gasteiger partial charge is 0.414 e. The van der Waals surface area contributed by atoms with Gasteiger partial charge >= 0.3 is 6.18 Å². The van der Waals surface area contributed by atoms with Gasteiger partial charge in [-0.25, -0.2) is 0 Å². The molecule has 0 aromatic heterocycles. The fourth-order valence-electron chi connectivity index (χ4n) is 8.15. The van der Waals surface area contributed by atoms with E-state index in [1.165, 1.54) is 31.3 Å². The van der Waals surface area contributed by atoms with Crippen LogP contribution in [0.1, 0.15) is 92.3 Å². The Morgan fingerprint density at radius 1 is 1.13 bits per heavy atom. The number of fused-ring (bicyclic) bond motifs is 5. The van der Waals surface area contributed by atoms with Crippen molar-refractivity contribution in [3.63, 3.8) is 0 Å². The van der Waals surface area contributed by atoms with E-state index in [0.29, 0.717) is 30.1 Å². The van der Waals surface area contributed by atoms with Gasteiger partial charge in [0.2, 0.25) is 0 Å². The van der Waals surface area contributed by atoms with E-state index in [4.69, 9.17) is 0 Å². The van der Waals surface area contributed by atoms with Crippen molar-refractivity contribution in [2.75, 3.05) is 0 Å². The van der Waals surface area contributed by atoms with E-state index in [9.17, 15) is 23.4 Å². The minimum atomic E-state index is -4.49. The molecule has 0 aromatic rings. The molecule has 0 aromatic carbocycles. The van der Waals surface area contributed by atoms with Crippen molar-refractivity contribution in [3.05, 3.63) is 11.6 Å². The topological polar surface area (TPSA) is 40.5 Å². The summed E-state index contributed by atoms with van der Waals surface area (Å²) in [6.45, 7) is 4.85. The molecule has 0 saturated heterocycles. The van der Waals surface area contributed by atoms with Crippen LogP contribution < -0.4 is 0 Å². The van der Waals surface area contributed by atoms with E-state index < -0.39 is 12.3 Å². The molecule has 5 heteroatoms. The van der Waals surface area contributed by atoms with Crippen LogP contribution in [-0.4, -0.2) is 28.6 Å². The van der Waals surface area contributed by atoms with Crippen molar-refractivity contribution in [2.24, 2.45) is 34.5 Å². The average Bonchev–Trinajstić information content (AvgIpc) is 2.67. The lowest BCUT2D eigenvalue weighted by Crippen LogP contribution is -2.53. The molecule has 2 nitrogen and oxygen atoms in total. The van der Waals surface area contributed by atoms with Crippen LogP contribution in [0, 0.1) is 34.5 Å². The Kier molecular flexibility index (Phi) is 6.11. The maximum Gasteiger partial charge on any atom is 0.414 e. The molecule has 0 amide bonds. The van der Waals surface area contributed by atoms with Crippen LogP contribution in [0.4, 0.5) is 13.2 Å². The predicted molar refractivity (Wildman–Crippen MR) is 114 cm³/mol. The molecule has 8 unspecified atom stereocenters. The fraction of sp³-hybridized carbons (Fsp3) is 0.920. The van der Waals surface area contributed by atoms with Crippen LogP contribution in [-0.2, 0) is 0 Å². The normalized spacial score (nSPS) is 45.0. The zero-order chi connectivity index (χ0) is 21.7. The third-order valence-corrected chi connectivity index (χ3v) is 9.92. The second-order valence-corrected chi connectivity index (χ2v) is 11.3. The molecule has 30 heavy (non-hydrogen) atoms. The maximum absolute atomic E-state index is 12.7. The van der Waals surface area contributed by atoms with Gasteiger partial charge in [-0.1, -0.05) is 38.3 Å². The van der Waals surface area contributed by atoms with E-state index in [0.717, 1.165) is 38.5 Å². The Labute approximate surface area is 180 Å². The van der Waals surface area contributed by atoms with Gasteiger partial charge in [-0.05, 0) is 98.7 Å². The fourth-order valence-corrected chi connectivity index (χ4v) is 8.15. The van der Waals surface area contributed by atoms with E-state index in [1.54, 1.807) is 0 Å². The third kappa shape index (κ3) is 3.87. The highest BCUT2D eigenvalue weighted by Gasteiger charge is 2.57. The van der Waals surface area contributed by atoms with Gasteiger partial charge in [0.05, 0.1) is 6.10 Å². The molecule has 4 rings (SSSR count). The Balaban J connectivity index is 0.00000272. The van der Waals surface area contributed by atoms with Crippen molar-refractivity contribution in [1.29, 1.82) is 0 Å². The van der Waals surface area contributed by atoms with Crippen LogP contribution in [0.2, 0.25) is 0 Å². The summed E-state index contributed by atoms with van der Waals surface area (Å²) in [6, 6.07) is 0. The summed E-state index contributed by atoms with van der Waals surface area (Å²) in [7, 11) is 0. The van der Waals surface area contributed by atoms with E-state index >= 15 is 0 Å². The molecule has 8 atom stereocenters. The molecule has 3 fully saturated rings. The lowest BCUT2D eigenvalue weighted by atomic mass is 9.43. The van der Waals surface area contributed by atoms with Crippen molar-refractivity contribution in [1.82, 2.24) is 0 Å². The minimum absolute atomic E-state index is 0. The average molecular weight is 431 g/mol. The molecule has 4 aliphatic carbocycles. The first-order valence-electron chi connectivity index (χ1n) is 12.2. The van der Waals surface area contributed by atoms with E-state index in [2.05, 4.69) is 19.9 Å². The van der Waals surface area contributed by atoms with Gasteiger partial charge in [-0.3, -0.25) is 0 Å². The Morgan fingerprint density at radius 2 is 1.90 bits per heavy atom. The number of rotatable bonds is 4. The summed E-state index contributed by atoms with van der Waals surface area (Å²) in [6.07, 6.45) is 6.58. The summed E-state index contributed by atoms with van der Waals surface area (Å²) < 4.78 is 38.0. The van der Waals surface area contributed by atoms with Gasteiger partial charge in [0.15, 0.2) is 0 Å². The van der Waals surface area contributed by atoms with Crippen LogP contribution in [0.25, 0.3) is 0 Å². The molecule has 0 aliphatic heterocycles. The van der Waals surface area contributed by atoms with Crippen LogP contribution in [0.3, 0.4) is 0 Å². The SMILES string of the molecule is CC12CCC(O)CC1=CCC1C2CCC2(C)C(CCCC(O)C(F)(F)F)CCCC12.[HH]. The lowest BCUT2D eigenvalue weighted by molar-refractivity contribution is -0.206. The van der Waals surface area contributed by atoms with Gasteiger partial charge in [-0.15, -0.1) is 0 Å².